The number of benzene rings is 1. The second-order valence-corrected chi connectivity index (χ2v) is 6.32. The van der Waals surface area contributed by atoms with Crippen LogP contribution in [0.5, 0.6) is 0 Å². The Hall–Kier alpha value is 0.259. The summed E-state index contributed by atoms with van der Waals surface area (Å²) in [6, 6.07) is 9.14. The summed E-state index contributed by atoms with van der Waals surface area (Å²) in [6.07, 6.45) is 0. The van der Waals surface area contributed by atoms with Crippen LogP contribution in [0.15, 0.2) is 24.3 Å². The quantitative estimate of drug-likeness (QED) is 0.746. The molecule has 0 N–H and O–H groups in total. The van der Waals surface area contributed by atoms with Crippen LogP contribution >= 0.6 is 0 Å². The summed E-state index contributed by atoms with van der Waals surface area (Å²) < 4.78 is 0. The molecule has 0 atom stereocenters. The van der Waals surface area contributed by atoms with Crippen molar-refractivity contribution in [3.05, 3.63) is 35.4 Å². The number of hydrogen-bond donors (Lipinski definition) is 0. The van der Waals surface area contributed by atoms with Gasteiger partial charge in [0.15, 0.2) is 0 Å². The Bertz CT molecular complexity index is 191. The Morgan fingerprint density at radius 3 is 1.42 bits per heavy atom. The topological polar surface area (TPSA) is 0 Å². The van der Waals surface area contributed by atoms with Crippen LogP contribution < -0.4 is 0 Å². The van der Waals surface area contributed by atoms with E-state index in [0.29, 0.717) is 0 Å². The van der Waals surface area contributed by atoms with Crippen LogP contribution in [0.1, 0.15) is 11.1 Å². The summed E-state index contributed by atoms with van der Waals surface area (Å²) in [5, 5.41) is 2.56. The molecule has 0 nitrogen and oxygen atoms in total. The standard InChI is InChI=1S/C10H14Se2/c1-11-7-9-3-5-10(6-4-9)8-12-2/h3-6H,7-8H2,1-2H3. The van der Waals surface area contributed by atoms with Crippen LogP contribution in [0.4, 0.5) is 0 Å². The van der Waals surface area contributed by atoms with Crippen molar-refractivity contribution in [1.29, 1.82) is 0 Å². The third-order valence-electron chi connectivity index (χ3n) is 1.64. The first-order valence-electron chi connectivity index (χ1n) is 3.92. The van der Waals surface area contributed by atoms with E-state index in [9.17, 15) is 0 Å². The Labute approximate surface area is 87.5 Å². The van der Waals surface area contributed by atoms with E-state index < -0.39 is 0 Å². The SMILES string of the molecule is C[Se]Cc1ccc(C[Se]C)cc1. The molecule has 0 unspecified atom stereocenters. The molecule has 66 valence electrons. The second kappa shape index (κ2) is 5.83. The molecule has 0 bridgehead atoms. The van der Waals surface area contributed by atoms with Gasteiger partial charge in [0, 0.05) is 0 Å². The first kappa shape index (κ1) is 10.3. The first-order valence-corrected chi connectivity index (χ1v) is 9.77. The molecular weight excluding hydrogens is 278 g/mol. The summed E-state index contributed by atoms with van der Waals surface area (Å²) in [7, 11) is 0. The molecule has 0 spiro atoms. The average Bonchev–Trinajstić information content (AvgIpc) is 2.09. The number of hydrogen-bond acceptors (Lipinski definition) is 0. The molecule has 0 fully saturated rings. The van der Waals surface area contributed by atoms with Gasteiger partial charge in [-0.25, -0.2) is 0 Å². The Balaban J connectivity index is 2.58. The summed E-state index contributed by atoms with van der Waals surface area (Å²) in [4.78, 5) is 0. The van der Waals surface area contributed by atoms with Crippen molar-refractivity contribution in [2.24, 2.45) is 0 Å². The third-order valence-corrected chi connectivity index (χ3v) is 4.26. The molecule has 0 heterocycles. The molecule has 1 aromatic rings. The van der Waals surface area contributed by atoms with Gasteiger partial charge < -0.3 is 0 Å². The van der Waals surface area contributed by atoms with Gasteiger partial charge in [-0.1, -0.05) is 0 Å². The molecule has 0 aromatic heterocycles. The van der Waals surface area contributed by atoms with E-state index in [2.05, 4.69) is 35.9 Å². The summed E-state index contributed by atoms with van der Waals surface area (Å²) in [6.45, 7) is 0. The van der Waals surface area contributed by atoms with Gasteiger partial charge in [-0.15, -0.1) is 0 Å². The predicted octanol–water partition coefficient (Wildman–Crippen LogP) is 2.19. The zero-order valence-corrected chi connectivity index (χ0v) is 11.0. The second-order valence-electron chi connectivity index (χ2n) is 2.68. The van der Waals surface area contributed by atoms with Crippen LogP contribution in [0.2, 0.25) is 11.6 Å². The third kappa shape index (κ3) is 3.33. The molecule has 12 heavy (non-hydrogen) atoms. The van der Waals surface area contributed by atoms with Crippen LogP contribution in [0, 0.1) is 0 Å². The molecule has 0 radical (unpaired) electrons. The van der Waals surface area contributed by atoms with Crippen molar-refractivity contribution in [3.8, 4) is 0 Å². The Morgan fingerprint density at radius 1 is 0.833 bits per heavy atom. The van der Waals surface area contributed by atoms with E-state index in [4.69, 9.17) is 0 Å². The van der Waals surface area contributed by atoms with Crippen molar-refractivity contribution in [2.45, 2.75) is 22.3 Å². The molecule has 1 aromatic carbocycles. The minimum atomic E-state index is 0.774. The van der Waals surface area contributed by atoms with Gasteiger partial charge >= 0.3 is 87.6 Å². The van der Waals surface area contributed by atoms with Crippen LogP contribution in [-0.4, -0.2) is 29.9 Å². The molecule has 0 aliphatic rings. The normalized spacial score (nSPS) is 10.2. The van der Waals surface area contributed by atoms with Gasteiger partial charge in [0.2, 0.25) is 0 Å². The number of rotatable bonds is 4. The minimum absolute atomic E-state index is 0.774. The zero-order chi connectivity index (χ0) is 8.81. The molecule has 2 heteroatoms. The molecule has 0 saturated heterocycles. The van der Waals surface area contributed by atoms with Crippen molar-refractivity contribution in [2.75, 3.05) is 0 Å². The summed E-state index contributed by atoms with van der Waals surface area (Å²) in [5.41, 5.74) is 3.01. The Morgan fingerprint density at radius 2 is 1.17 bits per heavy atom. The van der Waals surface area contributed by atoms with Gasteiger partial charge in [0.25, 0.3) is 0 Å². The fourth-order valence-electron chi connectivity index (χ4n) is 1.07. The monoisotopic (exact) mass is 294 g/mol. The van der Waals surface area contributed by atoms with Gasteiger partial charge in [-0.05, 0) is 0 Å². The average molecular weight is 292 g/mol. The van der Waals surface area contributed by atoms with Crippen molar-refractivity contribution >= 4 is 29.9 Å². The van der Waals surface area contributed by atoms with Gasteiger partial charge in [-0.3, -0.25) is 0 Å². The maximum atomic E-state index is 2.29. The van der Waals surface area contributed by atoms with E-state index in [-0.39, 0.29) is 0 Å². The van der Waals surface area contributed by atoms with Gasteiger partial charge in [0.05, 0.1) is 0 Å². The van der Waals surface area contributed by atoms with Crippen LogP contribution in [0.25, 0.3) is 0 Å². The summed E-state index contributed by atoms with van der Waals surface area (Å²) >= 11 is 1.55. The van der Waals surface area contributed by atoms with Crippen LogP contribution in [-0.2, 0) is 10.6 Å². The predicted molar refractivity (Wildman–Crippen MR) is 57.1 cm³/mol. The van der Waals surface area contributed by atoms with Crippen molar-refractivity contribution in [1.82, 2.24) is 0 Å². The molecule has 0 aliphatic carbocycles. The first-order chi connectivity index (χ1) is 5.86. The van der Waals surface area contributed by atoms with E-state index >= 15 is 0 Å². The summed E-state index contributed by atoms with van der Waals surface area (Å²) in [5.74, 6) is 4.58. The van der Waals surface area contributed by atoms with Crippen molar-refractivity contribution < 1.29 is 0 Å². The molecule has 1 rings (SSSR count). The fraction of sp³-hybridized carbons (Fsp3) is 0.400. The van der Waals surface area contributed by atoms with E-state index in [1.807, 2.05) is 0 Å². The zero-order valence-electron chi connectivity index (χ0n) is 7.54. The van der Waals surface area contributed by atoms with Crippen molar-refractivity contribution in [3.63, 3.8) is 0 Å². The van der Waals surface area contributed by atoms with E-state index in [1.54, 1.807) is 0 Å². The maximum absolute atomic E-state index is 2.29. The molecular formula is C10H14Se2. The van der Waals surface area contributed by atoms with Gasteiger partial charge in [-0.2, -0.15) is 0 Å². The van der Waals surface area contributed by atoms with E-state index in [1.165, 1.54) is 21.8 Å². The van der Waals surface area contributed by atoms with Crippen LogP contribution in [0.3, 0.4) is 0 Å². The molecule has 0 amide bonds. The Kier molecular flexibility index (Phi) is 5.02. The molecule has 0 aliphatic heterocycles. The fourth-order valence-corrected chi connectivity index (χ4v) is 3.27. The van der Waals surface area contributed by atoms with E-state index in [0.717, 1.165) is 29.9 Å². The van der Waals surface area contributed by atoms with Gasteiger partial charge in [0.1, 0.15) is 0 Å². The molecule has 0 saturated carbocycles.